The zero-order valence-corrected chi connectivity index (χ0v) is 9.01. The van der Waals surface area contributed by atoms with Crippen molar-refractivity contribution >= 4 is 33.0 Å². The molecule has 0 fully saturated rings. The standard InChI is InChI=1S/C11H12N2OS/c12-5-3-11(14)13-9-1-2-10-8(7-9)4-6-15-10/h1-2,4,6-7H,3,5,12H2,(H,13,14). The molecule has 0 radical (unpaired) electrons. The summed E-state index contributed by atoms with van der Waals surface area (Å²) in [6, 6.07) is 7.93. The van der Waals surface area contributed by atoms with Gasteiger partial charge >= 0.3 is 0 Å². The molecule has 78 valence electrons. The maximum Gasteiger partial charge on any atom is 0.225 e. The van der Waals surface area contributed by atoms with Crippen LogP contribution in [0.3, 0.4) is 0 Å². The van der Waals surface area contributed by atoms with Crippen LogP contribution in [0.15, 0.2) is 29.6 Å². The number of anilines is 1. The van der Waals surface area contributed by atoms with Crippen molar-refractivity contribution in [3.63, 3.8) is 0 Å². The van der Waals surface area contributed by atoms with Crippen molar-refractivity contribution in [1.29, 1.82) is 0 Å². The van der Waals surface area contributed by atoms with Crippen LogP contribution in [0.4, 0.5) is 5.69 Å². The second-order valence-corrected chi connectivity index (χ2v) is 4.21. The fourth-order valence-corrected chi connectivity index (χ4v) is 2.17. The molecule has 15 heavy (non-hydrogen) atoms. The third kappa shape index (κ3) is 2.34. The van der Waals surface area contributed by atoms with Gasteiger partial charge in [0.25, 0.3) is 0 Å². The minimum atomic E-state index is -0.0351. The Balaban J connectivity index is 2.17. The van der Waals surface area contributed by atoms with Crippen molar-refractivity contribution in [3.05, 3.63) is 29.6 Å². The number of benzene rings is 1. The first-order chi connectivity index (χ1) is 7.29. The summed E-state index contributed by atoms with van der Waals surface area (Å²) >= 11 is 1.69. The van der Waals surface area contributed by atoms with Crippen LogP contribution >= 0.6 is 11.3 Å². The average Bonchev–Trinajstić information content (AvgIpc) is 2.65. The summed E-state index contributed by atoms with van der Waals surface area (Å²) in [4.78, 5) is 11.3. The van der Waals surface area contributed by atoms with Crippen LogP contribution in [0.5, 0.6) is 0 Å². The van der Waals surface area contributed by atoms with Crippen LogP contribution in [0.2, 0.25) is 0 Å². The monoisotopic (exact) mass is 220 g/mol. The lowest BCUT2D eigenvalue weighted by atomic mass is 10.2. The molecule has 0 spiro atoms. The molecule has 0 unspecified atom stereocenters. The van der Waals surface area contributed by atoms with Crippen LogP contribution in [-0.2, 0) is 4.79 Å². The molecular formula is C11H12N2OS. The lowest BCUT2D eigenvalue weighted by Crippen LogP contribution is -2.15. The Hall–Kier alpha value is -1.39. The average molecular weight is 220 g/mol. The summed E-state index contributed by atoms with van der Waals surface area (Å²) in [6.45, 7) is 0.381. The number of hydrogen-bond acceptors (Lipinski definition) is 3. The number of nitrogens with one attached hydrogen (secondary N) is 1. The highest BCUT2D eigenvalue weighted by Crippen LogP contribution is 2.23. The molecule has 2 rings (SSSR count). The van der Waals surface area contributed by atoms with Gasteiger partial charge in [0.05, 0.1) is 0 Å². The van der Waals surface area contributed by atoms with Crippen molar-refractivity contribution < 1.29 is 4.79 Å². The normalized spacial score (nSPS) is 10.5. The van der Waals surface area contributed by atoms with Gasteiger partial charge in [-0.2, -0.15) is 0 Å². The highest BCUT2D eigenvalue weighted by molar-refractivity contribution is 7.17. The molecule has 2 aromatic rings. The van der Waals surface area contributed by atoms with E-state index >= 15 is 0 Å². The van der Waals surface area contributed by atoms with E-state index in [0.717, 1.165) is 11.1 Å². The first-order valence-corrected chi connectivity index (χ1v) is 5.65. The van der Waals surface area contributed by atoms with Gasteiger partial charge in [-0.3, -0.25) is 4.79 Å². The van der Waals surface area contributed by atoms with Crippen molar-refractivity contribution in [2.24, 2.45) is 5.73 Å². The number of carbonyl (C=O) groups excluding carboxylic acids is 1. The molecule has 0 bridgehead atoms. The summed E-state index contributed by atoms with van der Waals surface area (Å²) in [7, 11) is 0. The van der Waals surface area contributed by atoms with E-state index in [2.05, 4.69) is 5.32 Å². The van der Waals surface area contributed by atoms with Gasteiger partial charge in [-0.25, -0.2) is 0 Å². The quantitative estimate of drug-likeness (QED) is 0.833. The van der Waals surface area contributed by atoms with E-state index < -0.39 is 0 Å². The van der Waals surface area contributed by atoms with Gasteiger partial charge in [0.1, 0.15) is 0 Å². The van der Waals surface area contributed by atoms with Crippen LogP contribution < -0.4 is 11.1 Å². The Kier molecular flexibility index (Phi) is 2.99. The van der Waals surface area contributed by atoms with Crippen LogP contribution in [0, 0.1) is 0 Å². The number of hydrogen-bond donors (Lipinski definition) is 2. The first-order valence-electron chi connectivity index (χ1n) is 4.77. The fraction of sp³-hybridized carbons (Fsp3) is 0.182. The lowest BCUT2D eigenvalue weighted by Gasteiger charge is -2.03. The zero-order valence-electron chi connectivity index (χ0n) is 8.19. The zero-order chi connectivity index (χ0) is 10.7. The minimum Gasteiger partial charge on any atom is -0.330 e. The van der Waals surface area contributed by atoms with E-state index in [1.54, 1.807) is 11.3 Å². The number of nitrogens with two attached hydrogens (primary N) is 1. The first kappa shape index (κ1) is 10.1. The molecule has 1 aromatic carbocycles. The van der Waals surface area contributed by atoms with E-state index in [0.29, 0.717) is 13.0 Å². The molecule has 1 heterocycles. The smallest absolute Gasteiger partial charge is 0.225 e. The molecule has 0 atom stereocenters. The van der Waals surface area contributed by atoms with Gasteiger partial charge in [0, 0.05) is 23.4 Å². The van der Waals surface area contributed by atoms with Crippen LogP contribution in [0.1, 0.15) is 6.42 Å². The Morgan fingerprint density at radius 2 is 2.27 bits per heavy atom. The molecular weight excluding hydrogens is 208 g/mol. The number of rotatable bonds is 3. The summed E-state index contributed by atoms with van der Waals surface area (Å²) in [5.74, 6) is -0.0351. The Morgan fingerprint density at radius 3 is 3.07 bits per heavy atom. The van der Waals surface area contributed by atoms with E-state index in [-0.39, 0.29) is 5.91 Å². The summed E-state index contributed by atoms with van der Waals surface area (Å²) in [5, 5.41) is 6.01. The second kappa shape index (κ2) is 4.42. The summed E-state index contributed by atoms with van der Waals surface area (Å²) in [6.07, 6.45) is 0.363. The van der Waals surface area contributed by atoms with Crippen molar-refractivity contribution in [1.82, 2.24) is 0 Å². The SMILES string of the molecule is NCCC(=O)Nc1ccc2sccc2c1. The summed E-state index contributed by atoms with van der Waals surface area (Å²) < 4.78 is 1.23. The number of thiophene rings is 1. The number of amides is 1. The highest BCUT2D eigenvalue weighted by atomic mass is 32.1. The maximum atomic E-state index is 11.3. The largest absolute Gasteiger partial charge is 0.330 e. The van der Waals surface area contributed by atoms with E-state index in [1.807, 2.05) is 29.6 Å². The van der Waals surface area contributed by atoms with Gasteiger partial charge in [-0.15, -0.1) is 11.3 Å². The van der Waals surface area contributed by atoms with Crippen molar-refractivity contribution in [3.8, 4) is 0 Å². The molecule has 4 heteroatoms. The lowest BCUT2D eigenvalue weighted by molar-refractivity contribution is -0.116. The van der Waals surface area contributed by atoms with Crippen LogP contribution in [0.25, 0.3) is 10.1 Å². The number of fused-ring (bicyclic) bond motifs is 1. The van der Waals surface area contributed by atoms with Gasteiger partial charge in [0.15, 0.2) is 0 Å². The molecule has 1 aromatic heterocycles. The molecule has 1 amide bonds. The van der Waals surface area contributed by atoms with E-state index in [9.17, 15) is 4.79 Å². The maximum absolute atomic E-state index is 11.3. The third-order valence-electron chi connectivity index (χ3n) is 2.11. The summed E-state index contributed by atoms with van der Waals surface area (Å²) in [5.41, 5.74) is 6.13. The molecule has 3 nitrogen and oxygen atoms in total. The molecule has 3 N–H and O–H groups in total. The number of carbonyl (C=O) groups is 1. The van der Waals surface area contributed by atoms with Gasteiger partial charge in [0.2, 0.25) is 5.91 Å². The highest BCUT2D eigenvalue weighted by Gasteiger charge is 2.01. The van der Waals surface area contributed by atoms with Gasteiger partial charge in [-0.05, 0) is 35.0 Å². The fourth-order valence-electron chi connectivity index (χ4n) is 1.40. The van der Waals surface area contributed by atoms with Crippen LogP contribution in [-0.4, -0.2) is 12.5 Å². The van der Waals surface area contributed by atoms with Gasteiger partial charge in [-0.1, -0.05) is 0 Å². The van der Waals surface area contributed by atoms with Crippen molar-refractivity contribution in [2.75, 3.05) is 11.9 Å². The van der Waals surface area contributed by atoms with Gasteiger partial charge < -0.3 is 11.1 Å². The predicted octanol–water partition coefficient (Wildman–Crippen LogP) is 2.19. The van der Waals surface area contributed by atoms with E-state index in [4.69, 9.17) is 5.73 Å². The Morgan fingerprint density at radius 1 is 1.40 bits per heavy atom. The molecule has 0 aliphatic carbocycles. The molecule has 0 aliphatic rings. The third-order valence-corrected chi connectivity index (χ3v) is 3.01. The molecule has 0 saturated heterocycles. The molecule has 0 saturated carbocycles. The molecule has 0 aliphatic heterocycles. The van der Waals surface area contributed by atoms with E-state index in [1.165, 1.54) is 4.70 Å². The second-order valence-electron chi connectivity index (χ2n) is 3.26. The van der Waals surface area contributed by atoms with Crippen molar-refractivity contribution in [2.45, 2.75) is 6.42 Å². The predicted molar refractivity (Wildman–Crippen MR) is 64.1 cm³/mol. The topological polar surface area (TPSA) is 55.1 Å². The minimum absolute atomic E-state index is 0.0351. The Labute approximate surface area is 91.9 Å². The Bertz CT molecular complexity index is 478.